The van der Waals surface area contributed by atoms with Gasteiger partial charge in [-0.1, -0.05) is 0 Å². The van der Waals surface area contributed by atoms with Gasteiger partial charge in [0.2, 0.25) is 10.0 Å². The molecule has 1 unspecified atom stereocenters. The Morgan fingerprint density at radius 2 is 2.00 bits per heavy atom. The Bertz CT molecular complexity index is 671. The first-order valence-electron chi connectivity index (χ1n) is 9.46. The smallest absolute Gasteiger partial charge is 0.211 e. The summed E-state index contributed by atoms with van der Waals surface area (Å²) in [6.07, 6.45) is 3.16. The third-order valence-electron chi connectivity index (χ3n) is 5.21. The van der Waals surface area contributed by atoms with E-state index in [2.05, 4.69) is 28.9 Å². The zero-order chi connectivity index (χ0) is 18.6. The molecule has 0 radical (unpaired) electrons. The molecule has 3 heterocycles. The lowest BCUT2D eigenvalue weighted by atomic mass is 10.2. The SMILES string of the molecule is Cc1ccc(CN2CCC(N(CCCN3CCOCC3)S(C)(=O)=O)C2)s1. The summed E-state index contributed by atoms with van der Waals surface area (Å²) in [5.41, 5.74) is 0. The summed E-state index contributed by atoms with van der Waals surface area (Å²) in [7, 11) is -3.18. The van der Waals surface area contributed by atoms with Gasteiger partial charge in [-0.25, -0.2) is 8.42 Å². The van der Waals surface area contributed by atoms with Crippen molar-refractivity contribution in [1.82, 2.24) is 14.1 Å². The molecule has 0 amide bonds. The summed E-state index contributed by atoms with van der Waals surface area (Å²) in [4.78, 5) is 7.44. The molecule has 26 heavy (non-hydrogen) atoms. The molecule has 0 spiro atoms. The molecule has 0 saturated carbocycles. The first-order chi connectivity index (χ1) is 12.4. The molecule has 2 saturated heterocycles. The first-order valence-corrected chi connectivity index (χ1v) is 12.1. The third kappa shape index (κ3) is 5.74. The fraction of sp³-hybridized carbons (Fsp3) is 0.778. The number of likely N-dealkylation sites (tertiary alicyclic amines) is 1. The van der Waals surface area contributed by atoms with Crippen molar-refractivity contribution < 1.29 is 13.2 Å². The number of aryl methyl sites for hydroxylation is 1. The van der Waals surface area contributed by atoms with Crippen molar-refractivity contribution in [3.8, 4) is 0 Å². The van der Waals surface area contributed by atoms with E-state index in [1.807, 2.05) is 11.3 Å². The molecular weight excluding hydrogens is 370 g/mol. The van der Waals surface area contributed by atoms with Crippen LogP contribution in [0.5, 0.6) is 0 Å². The van der Waals surface area contributed by atoms with Crippen LogP contribution in [0, 0.1) is 6.92 Å². The second-order valence-electron chi connectivity index (χ2n) is 7.37. The van der Waals surface area contributed by atoms with Gasteiger partial charge in [0.15, 0.2) is 0 Å². The Hall–Kier alpha value is -0.510. The van der Waals surface area contributed by atoms with Crippen LogP contribution in [0.3, 0.4) is 0 Å². The standard InChI is InChI=1S/C18H31N3O3S2/c1-16-4-5-18(25-16)15-20-9-6-17(14-20)21(26(2,22)23)8-3-7-19-10-12-24-13-11-19/h4-5,17H,3,6-15H2,1-2H3. The fourth-order valence-electron chi connectivity index (χ4n) is 3.88. The van der Waals surface area contributed by atoms with Crippen LogP contribution >= 0.6 is 11.3 Å². The van der Waals surface area contributed by atoms with Crippen molar-refractivity contribution in [2.24, 2.45) is 0 Å². The number of rotatable bonds is 8. The second-order valence-corrected chi connectivity index (χ2v) is 10.7. The lowest BCUT2D eigenvalue weighted by molar-refractivity contribution is 0.0366. The van der Waals surface area contributed by atoms with E-state index in [-0.39, 0.29) is 6.04 Å². The largest absolute Gasteiger partial charge is 0.379 e. The van der Waals surface area contributed by atoms with Crippen molar-refractivity contribution in [2.45, 2.75) is 32.4 Å². The molecule has 0 bridgehead atoms. The lowest BCUT2D eigenvalue weighted by Crippen LogP contribution is -2.43. The Morgan fingerprint density at radius 1 is 1.23 bits per heavy atom. The van der Waals surface area contributed by atoms with Crippen LogP contribution in [0.15, 0.2) is 12.1 Å². The Morgan fingerprint density at radius 3 is 2.65 bits per heavy atom. The Kier molecular flexibility index (Phi) is 7.10. The highest BCUT2D eigenvalue weighted by Crippen LogP contribution is 2.23. The van der Waals surface area contributed by atoms with Crippen LogP contribution < -0.4 is 0 Å². The van der Waals surface area contributed by atoms with Crippen LogP contribution in [0.1, 0.15) is 22.6 Å². The highest BCUT2D eigenvalue weighted by Gasteiger charge is 2.32. The van der Waals surface area contributed by atoms with Gasteiger partial charge in [-0.15, -0.1) is 11.3 Å². The molecule has 0 N–H and O–H groups in total. The van der Waals surface area contributed by atoms with Crippen LogP contribution in [-0.2, 0) is 21.3 Å². The molecule has 2 aliphatic heterocycles. The predicted molar refractivity (Wildman–Crippen MR) is 106 cm³/mol. The second kappa shape index (κ2) is 9.12. The normalized spacial score (nSPS) is 23.1. The highest BCUT2D eigenvalue weighted by atomic mass is 32.2. The maximum Gasteiger partial charge on any atom is 0.211 e. The van der Waals surface area contributed by atoms with Gasteiger partial charge in [-0.3, -0.25) is 9.80 Å². The molecule has 1 atom stereocenters. The molecule has 0 aromatic carbocycles. The number of sulfonamides is 1. The van der Waals surface area contributed by atoms with E-state index >= 15 is 0 Å². The minimum absolute atomic E-state index is 0.107. The van der Waals surface area contributed by atoms with Crippen LogP contribution in [0.4, 0.5) is 0 Å². The quantitative estimate of drug-likeness (QED) is 0.663. The molecule has 2 fully saturated rings. The summed E-state index contributed by atoms with van der Waals surface area (Å²) in [6, 6.07) is 4.45. The number of nitrogens with zero attached hydrogens (tertiary/aromatic N) is 3. The van der Waals surface area contributed by atoms with E-state index in [0.29, 0.717) is 6.54 Å². The van der Waals surface area contributed by atoms with Crippen LogP contribution in [0.2, 0.25) is 0 Å². The lowest BCUT2D eigenvalue weighted by Gasteiger charge is -2.30. The first kappa shape index (κ1) is 20.2. The zero-order valence-corrected chi connectivity index (χ0v) is 17.5. The minimum atomic E-state index is -3.18. The average molecular weight is 402 g/mol. The molecule has 1 aromatic rings. The Balaban J connectivity index is 1.51. The van der Waals surface area contributed by atoms with Gasteiger partial charge < -0.3 is 4.74 Å². The summed E-state index contributed by atoms with van der Waals surface area (Å²) in [6.45, 7) is 9.91. The van der Waals surface area contributed by atoms with Crippen LogP contribution in [-0.4, -0.2) is 87.3 Å². The zero-order valence-electron chi connectivity index (χ0n) is 15.9. The fourth-order valence-corrected chi connectivity index (χ4v) is 5.98. The molecule has 8 heteroatoms. The summed E-state index contributed by atoms with van der Waals surface area (Å²) in [5.74, 6) is 0. The van der Waals surface area contributed by atoms with Crippen molar-refractivity contribution in [3.05, 3.63) is 21.9 Å². The number of morpholine rings is 1. The molecule has 3 rings (SSSR count). The summed E-state index contributed by atoms with van der Waals surface area (Å²) >= 11 is 1.83. The number of ether oxygens (including phenoxy) is 1. The number of thiophene rings is 1. The van der Waals surface area contributed by atoms with Gasteiger partial charge in [0.05, 0.1) is 19.5 Å². The summed E-state index contributed by atoms with van der Waals surface area (Å²) in [5, 5.41) is 0. The molecule has 1 aromatic heterocycles. The average Bonchev–Trinajstić information content (AvgIpc) is 3.21. The monoisotopic (exact) mass is 401 g/mol. The van der Waals surface area contributed by atoms with Gasteiger partial charge in [0.1, 0.15) is 0 Å². The van der Waals surface area contributed by atoms with Gasteiger partial charge in [-0.05, 0) is 38.4 Å². The third-order valence-corrected chi connectivity index (χ3v) is 7.53. The predicted octanol–water partition coefficient (Wildman–Crippen LogP) is 1.61. The maximum absolute atomic E-state index is 12.3. The van der Waals surface area contributed by atoms with E-state index < -0.39 is 10.0 Å². The highest BCUT2D eigenvalue weighted by molar-refractivity contribution is 7.88. The van der Waals surface area contributed by atoms with E-state index in [1.165, 1.54) is 16.0 Å². The van der Waals surface area contributed by atoms with Gasteiger partial charge >= 0.3 is 0 Å². The molecule has 2 aliphatic rings. The minimum Gasteiger partial charge on any atom is -0.379 e. The van der Waals surface area contributed by atoms with Crippen molar-refractivity contribution >= 4 is 21.4 Å². The van der Waals surface area contributed by atoms with Gasteiger partial charge in [0.25, 0.3) is 0 Å². The van der Waals surface area contributed by atoms with E-state index in [4.69, 9.17) is 4.74 Å². The topological polar surface area (TPSA) is 53.1 Å². The van der Waals surface area contributed by atoms with Crippen molar-refractivity contribution in [2.75, 3.05) is 58.7 Å². The van der Waals surface area contributed by atoms with Crippen LogP contribution in [0.25, 0.3) is 0 Å². The number of hydrogen-bond acceptors (Lipinski definition) is 6. The molecular formula is C18H31N3O3S2. The Labute approximate surface area is 161 Å². The molecule has 148 valence electrons. The van der Waals surface area contributed by atoms with Crippen molar-refractivity contribution in [1.29, 1.82) is 0 Å². The summed E-state index contributed by atoms with van der Waals surface area (Å²) < 4.78 is 31.8. The van der Waals surface area contributed by atoms with E-state index in [0.717, 1.165) is 65.3 Å². The number of hydrogen-bond donors (Lipinski definition) is 0. The van der Waals surface area contributed by atoms with Gasteiger partial charge in [0, 0.05) is 55.1 Å². The van der Waals surface area contributed by atoms with Crippen molar-refractivity contribution in [3.63, 3.8) is 0 Å². The maximum atomic E-state index is 12.3. The molecule has 0 aliphatic carbocycles. The van der Waals surface area contributed by atoms with E-state index in [9.17, 15) is 8.42 Å². The van der Waals surface area contributed by atoms with Gasteiger partial charge in [-0.2, -0.15) is 4.31 Å². The molecule has 6 nitrogen and oxygen atoms in total. The van der Waals surface area contributed by atoms with E-state index in [1.54, 1.807) is 4.31 Å².